The van der Waals surface area contributed by atoms with E-state index in [-0.39, 0.29) is 0 Å². The van der Waals surface area contributed by atoms with E-state index in [0.29, 0.717) is 69.1 Å². The topological polar surface area (TPSA) is 187 Å². The molecule has 0 saturated heterocycles. The standard InChI is InChI=1S/3C38H24N4/c39-25-26-8-7-13-32(22-26)34-21-17-28-16-20-33(23-35(28)24-34)27-14-18-31(19-15-27)38-41-36(29-9-3-1-4-10-29)40-37(42-38)30-11-5-2-6-12-30;39-25-33-13-7-8-14-35(33)32-22-18-27-17-21-31(23-34(27)24-32)26-15-19-30(20-16-26)38-41-36(28-9-3-1-4-10-28)40-37(42-38)29-11-5-2-6-12-29;39-25-26-11-13-27(14-12-26)33-21-17-29-18-22-34(24-35(29)23-33)28-15-19-32(20-16-28)38-41-36(30-7-3-1-4-8-30)40-37(42-38)31-9-5-2-6-10-31/h3*1-24H. The molecule has 0 unspecified atom stereocenters. The Hall–Kier alpha value is -17.8. The van der Waals surface area contributed by atoms with Gasteiger partial charge in [0, 0.05) is 50.1 Å². The minimum Gasteiger partial charge on any atom is -0.208 e. The second kappa shape index (κ2) is 36.0. The van der Waals surface area contributed by atoms with Crippen LogP contribution in [-0.2, 0) is 0 Å². The normalized spacial score (nSPS) is 10.8. The quantitative estimate of drug-likeness (QED) is 0.0946. The van der Waals surface area contributed by atoms with E-state index in [9.17, 15) is 10.5 Å². The van der Waals surface area contributed by atoms with Crippen LogP contribution in [0.25, 0.3) is 202 Å². The minimum absolute atomic E-state index is 0.633. The third kappa shape index (κ3) is 17.5. The Morgan fingerprint density at radius 1 is 0.135 bits per heavy atom. The predicted octanol–water partition coefficient (Wildman–Crippen LogP) is 27.7. The average Bonchev–Trinajstić information content (AvgIpc) is 0.800. The molecule has 21 rings (SSSR count). The highest BCUT2D eigenvalue weighted by Gasteiger charge is 2.19. The van der Waals surface area contributed by atoms with Crippen molar-refractivity contribution in [3.8, 4) is 187 Å². The summed E-state index contributed by atoms with van der Waals surface area (Å²) in [5.41, 5.74) is 23.5. The molecule has 21 aromatic rings. The lowest BCUT2D eigenvalue weighted by Crippen LogP contribution is -2.00. The number of benzene rings is 18. The molecule has 18 aromatic carbocycles. The lowest BCUT2D eigenvalue weighted by atomic mass is 9.95. The van der Waals surface area contributed by atoms with Crippen LogP contribution in [-0.4, -0.2) is 44.9 Å². The number of hydrogen-bond donors (Lipinski definition) is 0. The molecule has 0 spiro atoms. The van der Waals surface area contributed by atoms with Gasteiger partial charge in [0.15, 0.2) is 52.4 Å². The highest BCUT2D eigenvalue weighted by Crippen LogP contribution is 2.38. The van der Waals surface area contributed by atoms with E-state index in [4.69, 9.17) is 50.1 Å². The summed E-state index contributed by atoms with van der Waals surface area (Å²) in [6, 6.07) is 154. The van der Waals surface area contributed by atoms with E-state index in [1.54, 1.807) is 0 Å². The highest BCUT2D eigenvalue weighted by atomic mass is 15.1. The van der Waals surface area contributed by atoms with Crippen molar-refractivity contribution in [2.24, 2.45) is 0 Å². The van der Waals surface area contributed by atoms with Crippen molar-refractivity contribution in [1.82, 2.24) is 44.9 Å². The zero-order chi connectivity index (χ0) is 84.9. The third-order valence-electron chi connectivity index (χ3n) is 22.1. The summed E-state index contributed by atoms with van der Waals surface area (Å²) in [6.45, 7) is 0. The molecule has 0 aliphatic heterocycles. The first-order valence-corrected chi connectivity index (χ1v) is 41.3. The highest BCUT2D eigenvalue weighted by molar-refractivity contribution is 5.95. The Balaban J connectivity index is 0.000000123. The summed E-state index contributed by atoms with van der Waals surface area (Å²) in [5, 5.41) is 34.9. The van der Waals surface area contributed by atoms with Gasteiger partial charge in [-0.3, -0.25) is 0 Å². The van der Waals surface area contributed by atoms with Gasteiger partial charge in [0.1, 0.15) is 0 Å². The van der Waals surface area contributed by atoms with Gasteiger partial charge in [-0.1, -0.05) is 370 Å². The van der Waals surface area contributed by atoms with Crippen LogP contribution in [0.3, 0.4) is 0 Å². The monoisotopic (exact) mass is 1610 g/mol. The van der Waals surface area contributed by atoms with Gasteiger partial charge < -0.3 is 0 Å². The fraction of sp³-hybridized carbons (Fsp3) is 0. The van der Waals surface area contributed by atoms with Gasteiger partial charge >= 0.3 is 0 Å². The summed E-state index contributed by atoms with van der Waals surface area (Å²) < 4.78 is 0. The molecule has 3 aromatic heterocycles. The maximum atomic E-state index is 9.57. The summed E-state index contributed by atoms with van der Waals surface area (Å²) in [5.74, 6) is 5.79. The van der Waals surface area contributed by atoms with Crippen molar-refractivity contribution >= 4 is 32.3 Å². The molecule has 0 N–H and O–H groups in total. The molecular formula is C114H72N12. The van der Waals surface area contributed by atoms with E-state index in [1.165, 1.54) is 10.8 Å². The first-order valence-electron chi connectivity index (χ1n) is 41.3. The van der Waals surface area contributed by atoms with E-state index in [0.717, 1.165) is 138 Å². The van der Waals surface area contributed by atoms with Crippen LogP contribution in [0.5, 0.6) is 0 Å². The molecule has 0 fully saturated rings. The minimum atomic E-state index is 0.633. The molecule has 0 aliphatic rings. The van der Waals surface area contributed by atoms with E-state index in [1.807, 2.05) is 255 Å². The molecule has 3 heterocycles. The van der Waals surface area contributed by atoms with Crippen molar-refractivity contribution < 1.29 is 0 Å². The number of hydrogen-bond acceptors (Lipinski definition) is 12. The summed E-state index contributed by atoms with van der Waals surface area (Å²) in [6.07, 6.45) is 0. The molecule has 0 amide bonds. The zero-order valence-corrected chi connectivity index (χ0v) is 67.9. The van der Waals surface area contributed by atoms with Crippen molar-refractivity contribution in [3.63, 3.8) is 0 Å². The average molecular weight is 1610 g/mol. The van der Waals surface area contributed by atoms with Gasteiger partial charge in [-0.25, -0.2) is 44.9 Å². The fourth-order valence-electron chi connectivity index (χ4n) is 15.4. The van der Waals surface area contributed by atoms with Gasteiger partial charge in [0.2, 0.25) is 0 Å². The van der Waals surface area contributed by atoms with Crippen LogP contribution in [0.4, 0.5) is 0 Å². The fourth-order valence-corrected chi connectivity index (χ4v) is 15.4. The molecule has 0 saturated carbocycles. The summed E-state index contributed by atoms with van der Waals surface area (Å²) in [4.78, 5) is 43.5. The van der Waals surface area contributed by atoms with Crippen LogP contribution in [0.15, 0.2) is 437 Å². The molecule has 12 heteroatoms. The lowest BCUT2D eigenvalue weighted by molar-refractivity contribution is 1.07. The smallest absolute Gasteiger partial charge is 0.164 e. The largest absolute Gasteiger partial charge is 0.208 e. The number of rotatable bonds is 15. The Morgan fingerprint density at radius 3 is 0.619 bits per heavy atom. The Kier molecular flexibility index (Phi) is 22.3. The van der Waals surface area contributed by atoms with Gasteiger partial charge in [0.05, 0.1) is 34.9 Å². The Labute approximate surface area is 729 Å². The van der Waals surface area contributed by atoms with Crippen molar-refractivity contribution in [1.29, 1.82) is 15.8 Å². The van der Waals surface area contributed by atoms with Crippen LogP contribution >= 0.6 is 0 Å². The summed E-state index contributed by atoms with van der Waals surface area (Å²) >= 11 is 0. The first-order chi connectivity index (χ1) is 62.2. The van der Waals surface area contributed by atoms with Crippen LogP contribution < -0.4 is 0 Å². The van der Waals surface area contributed by atoms with Crippen LogP contribution in [0, 0.1) is 34.0 Å². The molecule has 126 heavy (non-hydrogen) atoms. The van der Waals surface area contributed by atoms with Gasteiger partial charge in [-0.05, 0) is 166 Å². The van der Waals surface area contributed by atoms with Gasteiger partial charge in [0.25, 0.3) is 0 Å². The Bertz CT molecular complexity index is 7500. The van der Waals surface area contributed by atoms with E-state index < -0.39 is 0 Å². The second-order valence-electron chi connectivity index (χ2n) is 30.2. The Morgan fingerprint density at radius 2 is 0.341 bits per heavy atom. The molecule has 12 nitrogen and oxygen atoms in total. The molecule has 0 radical (unpaired) electrons. The SMILES string of the molecule is N#Cc1ccc(-c2ccc3ccc(-c4ccc(-c5nc(-c6ccccc6)nc(-c6ccccc6)n5)cc4)cc3c2)cc1.N#Cc1cccc(-c2ccc3ccc(-c4ccc(-c5nc(-c6ccccc6)nc(-c6ccccc6)n5)cc4)cc3c2)c1.N#Cc1ccccc1-c1ccc2ccc(-c3ccc(-c4nc(-c5ccccc5)nc(-c5ccccc5)n4)cc3)cc2c1. The molecular weight excluding hydrogens is 1540 g/mol. The van der Waals surface area contributed by atoms with E-state index in [2.05, 4.69) is 200 Å². The van der Waals surface area contributed by atoms with Crippen molar-refractivity contribution in [3.05, 3.63) is 453 Å². The number of nitrogens with zero attached hydrogens (tertiary/aromatic N) is 12. The third-order valence-corrected chi connectivity index (χ3v) is 22.1. The van der Waals surface area contributed by atoms with Gasteiger partial charge in [-0.2, -0.15) is 15.8 Å². The number of fused-ring (bicyclic) bond motifs is 3. The maximum absolute atomic E-state index is 9.57. The predicted molar refractivity (Wildman–Crippen MR) is 508 cm³/mol. The lowest BCUT2D eigenvalue weighted by Gasteiger charge is -2.10. The number of nitriles is 3. The molecule has 0 bridgehead atoms. The molecule has 588 valence electrons. The first kappa shape index (κ1) is 78.1. The van der Waals surface area contributed by atoms with Crippen LogP contribution in [0.2, 0.25) is 0 Å². The van der Waals surface area contributed by atoms with Crippen molar-refractivity contribution in [2.75, 3.05) is 0 Å². The second-order valence-corrected chi connectivity index (χ2v) is 30.2. The molecule has 0 atom stereocenters. The van der Waals surface area contributed by atoms with Crippen molar-refractivity contribution in [2.45, 2.75) is 0 Å². The number of aromatic nitrogens is 9. The van der Waals surface area contributed by atoms with Gasteiger partial charge in [-0.15, -0.1) is 0 Å². The van der Waals surface area contributed by atoms with Crippen LogP contribution in [0.1, 0.15) is 16.7 Å². The van der Waals surface area contributed by atoms with E-state index >= 15 is 0 Å². The summed E-state index contributed by atoms with van der Waals surface area (Å²) in [7, 11) is 0. The maximum Gasteiger partial charge on any atom is 0.164 e. The zero-order valence-electron chi connectivity index (χ0n) is 67.9. The molecule has 0 aliphatic carbocycles.